The first kappa shape index (κ1) is 13.9. The molecule has 0 amide bonds. The molecule has 3 rings (SSSR count). The van der Waals surface area contributed by atoms with Crippen molar-refractivity contribution in [2.75, 3.05) is 5.75 Å². The molecule has 6 heteroatoms. The largest absolute Gasteiger partial charge is 0.458 e. The smallest absolute Gasteiger partial charge is 0.156 e. The van der Waals surface area contributed by atoms with Crippen LogP contribution >= 0.6 is 11.6 Å². The SMILES string of the molecule is O=S1(=O)CCCCC1C(O)c1cc2cc(Cl)ccc2o1. The first-order valence-electron chi connectivity index (χ1n) is 6.56. The Morgan fingerprint density at radius 2 is 2.10 bits per heavy atom. The Balaban J connectivity index is 1.97. The van der Waals surface area contributed by atoms with Gasteiger partial charge in [0, 0.05) is 10.4 Å². The average molecular weight is 315 g/mol. The van der Waals surface area contributed by atoms with E-state index in [4.69, 9.17) is 16.0 Å². The fraction of sp³-hybridized carbons (Fsp3) is 0.429. The van der Waals surface area contributed by atoms with Gasteiger partial charge in [-0.2, -0.15) is 0 Å². The van der Waals surface area contributed by atoms with Gasteiger partial charge in [0.2, 0.25) is 0 Å². The highest BCUT2D eigenvalue weighted by molar-refractivity contribution is 7.92. The first-order chi connectivity index (χ1) is 9.47. The standard InChI is InChI=1S/C14H15ClO4S/c15-10-4-5-11-9(7-10)8-12(19-11)14(16)13-3-1-2-6-20(13,17)18/h4-5,7-8,13-14,16H,1-3,6H2. The lowest BCUT2D eigenvalue weighted by Crippen LogP contribution is -2.33. The van der Waals surface area contributed by atoms with E-state index >= 15 is 0 Å². The van der Waals surface area contributed by atoms with Crippen LogP contribution in [0.25, 0.3) is 11.0 Å². The van der Waals surface area contributed by atoms with Gasteiger partial charge < -0.3 is 9.52 Å². The lowest BCUT2D eigenvalue weighted by molar-refractivity contribution is 0.140. The predicted octanol–water partition coefficient (Wildman–Crippen LogP) is 3.09. The van der Waals surface area contributed by atoms with Crippen LogP contribution in [0.2, 0.25) is 5.02 Å². The van der Waals surface area contributed by atoms with Crippen LogP contribution in [-0.4, -0.2) is 24.5 Å². The molecule has 4 nitrogen and oxygen atoms in total. The lowest BCUT2D eigenvalue weighted by atomic mass is 10.1. The first-order valence-corrected chi connectivity index (χ1v) is 8.65. The van der Waals surface area contributed by atoms with E-state index in [0.717, 1.165) is 11.8 Å². The number of rotatable bonds is 2. The highest BCUT2D eigenvalue weighted by atomic mass is 35.5. The van der Waals surface area contributed by atoms with Crippen LogP contribution in [0.1, 0.15) is 31.1 Å². The average Bonchev–Trinajstić information content (AvgIpc) is 2.80. The molecule has 2 unspecified atom stereocenters. The van der Waals surface area contributed by atoms with E-state index in [1.54, 1.807) is 24.3 Å². The summed E-state index contributed by atoms with van der Waals surface area (Å²) in [5.41, 5.74) is 0.594. The summed E-state index contributed by atoms with van der Waals surface area (Å²) in [6.07, 6.45) is 0.835. The Morgan fingerprint density at radius 1 is 1.30 bits per heavy atom. The number of aliphatic hydroxyl groups is 1. The van der Waals surface area contributed by atoms with Crippen molar-refractivity contribution in [3.05, 3.63) is 35.0 Å². The zero-order chi connectivity index (χ0) is 14.3. The topological polar surface area (TPSA) is 67.5 Å². The van der Waals surface area contributed by atoms with Gasteiger partial charge in [0.1, 0.15) is 17.4 Å². The van der Waals surface area contributed by atoms with E-state index < -0.39 is 21.2 Å². The van der Waals surface area contributed by atoms with E-state index in [2.05, 4.69) is 0 Å². The summed E-state index contributed by atoms with van der Waals surface area (Å²) >= 11 is 5.90. The monoisotopic (exact) mass is 314 g/mol. The number of aliphatic hydroxyl groups excluding tert-OH is 1. The highest BCUT2D eigenvalue weighted by Gasteiger charge is 2.37. The van der Waals surface area contributed by atoms with Crippen molar-refractivity contribution in [1.29, 1.82) is 0 Å². The molecule has 20 heavy (non-hydrogen) atoms. The van der Waals surface area contributed by atoms with Gasteiger partial charge in [-0.05, 0) is 37.1 Å². The number of halogens is 1. The van der Waals surface area contributed by atoms with Crippen LogP contribution in [0.4, 0.5) is 0 Å². The minimum absolute atomic E-state index is 0.140. The molecular weight excluding hydrogens is 300 g/mol. The van der Waals surface area contributed by atoms with Gasteiger partial charge in [0.05, 0.1) is 11.0 Å². The van der Waals surface area contributed by atoms with E-state index in [1.807, 2.05) is 0 Å². The molecule has 0 aliphatic carbocycles. The molecule has 1 N–H and O–H groups in total. The van der Waals surface area contributed by atoms with Gasteiger partial charge in [-0.15, -0.1) is 0 Å². The molecule has 1 aromatic carbocycles. The molecule has 1 saturated heterocycles. The fourth-order valence-electron chi connectivity index (χ4n) is 2.70. The van der Waals surface area contributed by atoms with Crippen molar-refractivity contribution in [3.8, 4) is 0 Å². The molecule has 0 spiro atoms. The molecular formula is C14H15ClO4S. The van der Waals surface area contributed by atoms with Crippen LogP contribution < -0.4 is 0 Å². The van der Waals surface area contributed by atoms with Crippen LogP contribution in [-0.2, 0) is 9.84 Å². The number of sulfone groups is 1. The summed E-state index contributed by atoms with van der Waals surface area (Å²) in [5, 5.41) is 10.9. The molecule has 108 valence electrons. The summed E-state index contributed by atoms with van der Waals surface area (Å²) < 4.78 is 29.6. The summed E-state index contributed by atoms with van der Waals surface area (Å²) in [4.78, 5) is 0. The summed E-state index contributed by atoms with van der Waals surface area (Å²) in [6, 6.07) is 6.80. The second kappa shape index (κ2) is 5.06. The molecule has 0 radical (unpaired) electrons. The maximum atomic E-state index is 12.0. The van der Waals surface area contributed by atoms with Crippen LogP contribution in [0, 0.1) is 0 Å². The van der Waals surface area contributed by atoms with Gasteiger partial charge in [0.15, 0.2) is 9.84 Å². The second-order valence-electron chi connectivity index (χ2n) is 5.18. The van der Waals surface area contributed by atoms with E-state index in [0.29, 0.717) is 23.4 Å². The maximum Gasteiger partial charge on any atom is 0.156 e. The Morgan fingerprint density at radius 3 is 2.85 bits per heavy atom. The number of hydrogen-bond acceptors (Lipinski definition) is 4. The fourth-order valence-corrected chi connectivity index (χ4v) is 4.84. The molecule has 1 aliphatic rings. The zero-order valence-electron chi connectivity index (χ0n) is 10.8. The number of fused-ring (bicyclic) bond motifs is 1. The molecule has 1 aromatic heterocycles. The third kappa shape index (κ3) is 2.45. The van der Waals surface area contributed by atoms with Gasteiger partial charge in [-0.1, -0.05) is 18.0 Å². The van der Waals surface area contributed by atoms with Gasteiger partial charge in [0.25, 0.3) is 0 Å². The van der Waals surface area contributed by atoms with Crippen molar-refractivity contribution in [2.24, 2.45) is 0 Å². The minimum atomic E-state index is -3.25. The predicted molar refractivity (Wildman–Crippen MR) is 77.6 cm³/mol. The molecule has 2 aromatic rings. The molecule has 2 atom stereocenters. The lowest BCUT2D eigenvalue weighted by Gasteiger charge is -2.25. The Labute approximate surface area is 122 Å². The molecule has 2 heterocycles. The maximum absolute atomic E-state index is 12.0. The Kier molecular flexibility index (Phi) is 3.52. The third-order valence-electron chi connectivity index (χ3n) is 3.77. The van der Waals surface area contributed by atoms with Crippen molar-refractivity contribution >= 4 is 32.4 Å². The Hall–Kier alpha value is -1.04. The van der Waals surface area contributed by atoms with E-state index in [1.165, 1.54) is 0 Å². The van der Waals surface area contributed by atoms with Crippen LogP contribution in [0.5, 0.6) is 0 Å². The normalized spacial score (nSPS) is 23.8. The van der Waals surface area contributed by atoms with Crippen LogP contribution in [0.3, 0.4) is 0 Å². The minimum Gasteiger partial charge on any atom is -0.458 e. The number of hydrogen-bond donors (Lipinski definition) is 1. The van der Waals surface area contributed by atoms with Crippen LogP contribution in [0.15, 0.2) is 28.7 Å². The number of benzene rings is 1. The molecule has 1 fully saturated rings. The van der Waals surface area contributed by atoms with Crippen molar-refractivity contribution in [1.82, 2.24) is 0 Å². The van der Waals surface area contributed by atoms with E-state index in [-0.39, 0.29) is 11.5 Å². The number of furan rings is 1. The third-order valence-corrected chi connectivity index (χ3v) is 6.28. The summed E-state index contributed by atoms with van der Waals surface area (Å²) in [5.74, 6) is 0.429. The quantitative estimate of drug-likeness (QED) is 0.925. The van der Waals surface area contributed by atoms with Crippen molar-refractivity contribution in [2.45, 2.75) is 30.6 Å². The van der Waals surface area contributed by atoms with Crippen molar-refractivity contribution in [3.63, 3.8) is 0 Å². The second-order valence-corrected chi connectivity index (χ2v) is 7.95. The van der Waals surface area contributed by atoms with E-state index in [9.17, 15) is 13.5 Å². The Bertz CT molecular complexity index is 735. The summed E-state index contributed by atoms with van der Waals surface area (Å²) in [6.45, 7) is 0. The summed E-state index contributed by atoms with van der Waals surface area (Å²) in [7, 11) is -3.25. The molecule has 0 saturated carbocycles. The van der Waals surface area contributed by atoms with Crippen molar-refractivity contribution < 1.29 is 17.9 Å². The van der Waals surface area contributed by atoms with Gasteiger partial charge in [-0.3, -0.25) is 0 Å². The highest BCUT2D eigenvalue weighted by Crippen LogP contribution is 2.34. The molecule has 1 aliphatic heterocycles. The van der Waals surface area contributed by atoms with Gasteiger partial charge >= 0.3 is 0 Å². The van der Waals surface area contributed by atoms with Gasteiger partial charge in [-0.25, -0.2) is 8.42 Å². The molecule has 0 bridgehead atoms. The zero-order valence-corrected chi connectivity index (χ0v) is 12.3.